The SMILES string of the molecule is C=C(C)N1Cc2c(cccc2-c2ccc(NC)cc2)C1=O.C=CC(=O)OC.CNC=O.NCCCCCC=O. The zero-order chi connectivity index (χ0) is 29.6. The molecule has 0 aliphatic carbocycles. The van der Waals surface area contributed by atoms with E-state index in [2.05, 4.69) is 46.7 Å². The van der Waals surface area contributed by atoms with E-state index >= 15 is 0 Å². The number of benzene rings is 2. The van der Waals surface area contributed by atoms with Crippen LogP contribution in [0.1, 0.15) is 48.5 Å². The summed E-state index contributed by atoms with van der Waals surface area (Å²) in [4.78, 5) is 42.7. The third-order valence-corrected chi connectivity index (χ3v) is 5.42. The molecular weight excluding hydrogens is 496 g/mol. The fourth-order valence-corrected chi connectivity index (χ4v) is 3.36. The van der Waals surface area contributed by atoms with Gasteiger partial charge in [-0.25, -0.2) is 4.79 Å². The monoisotopic (exact) mass is 538 g/mol. The Morgan fingerprint density at radius 2 is 1.69 bits per heavy atom. The summed E-state index contributed by atoms with van der Waals surface area (Å²) in [5.41, 5.74) is 11.2. The van der Waals surface area contributed by atoms with E-state index in [4.69, 9.17) is 10.5 Å². The van der Waals surface area contributed by atoms with Gasteiger partial charge in [0.25, 0.3) is 5.91 Å². The first-order valence-electron chi connectivity index (χ1n) is 12.6. The summed E-state index contributed by atoms with van der Waals surface area (Å²) in [6.07, 6.45) is 6.53. The minimum absolute atomic E-state index is 0.0474. The van der Waals surface area contributed by atoms with Crippen LogP contribution >= 0.6 is 0 Å². The number of anilines is 1. The van der Waals surface area contributed by atoms with Gasteiger partial charge < -0.3 is 30.8 Å². The highest BCUT2D eigenvalue weighted by Crippen LogP contribution is 2.34. The van der Waals surface area contributed by atoms with Crippen molar-refractivity contribution in [2.45, 2.75) is 39.2 Å². The largest absolute Gasteiger partial charge is 0.466 e. The molecule has 1 aliphatic heterocycles. The lowest BCUT2D eigenvalue weighted by Crippen LogP contribution is -2.20. The van der Waals surface area contributed by atoms with Crippen molar-refractivity contribution in [2.75, 3.05) is 33.1 Å². The van der Waals surface area contributed by atoms with Gasteiger partial charge in [0.1, 0.15) is 6.29 Å². The van der Waals surface area contributed by atoms with Crippen LogP contribution in [0.25, 0.3) is 11.1 Å². The number of nitrogens with zero attached hydrogens (tertiary/aromatic N) is 1. The topological polar surface area (TPSA) is 131 Å². The number of carbonyl (C=O) groups excluding carboxylic acids is 4. The number of rotatable bonds is 10. The van der Waals surface area contributed by atoms with E-state index in [0.717, 1.165) is 71.8 Å². The number of amides is 2. The molecule has 9 heteroatoms. The van der Waals surface area contributed by atoms with Crippen molar-refractivity contribution < 1.29 is 23.9 Å². The lowest BCUT2D eigenvalue weighted by atomic mass is 9.97. The van der Waals surface area contributed by atoms with Gasteiger partial charge in [-0.15, -0.1) is 0 Å². The molecule has 0 saturated heterocycles. The van der Waals surface area contributed by atoms with Crippen LogP contribution in [0.2, 0.25) is 0 Å². The number of hydrogen-bond donors (Lipinski definition) is 3. The molecule has 0 saturated carbocycles. The zero-order valence-electron chi connectivity index (χ0n) is 23.5. The number of ether oxygens (including phenoxy) is 1. The van der Waals surface area contributed by atoms with Gasteiger partial charge in [0.2, 0.25) is 6.41 Å². The molecule has 0 unspecified atom stereocenters. The predicted octanol–water partition coefficient (Wildman–Crippen LogP) is 4.30. The second-order valence-corrected chi connectivity index (χ2v) is 8.22. The summed E-state index contributed by atoms with van der Waals surface area (Å²) in [5, 5.41) is 5.36. The smallest absolute Gasteiger partial charge is 0.329 e. The van der Waals surface area contributed by atoms with E-state index in [1.54, 1.807) is 11.9 Å². The third kappa shape index (κ3) is 12.7. The second-order valence-electron chi connectivity index (χ2n) is 8.22. The normalized spacial score (nSPS) is 10.6. The number of esters is 1. The first-order chi connectivity index (χ1) is 18.7. The third-order valence-electron chi connectivity index (χ3n) is 5.42. The number of hydrogen-bond acceptors (Lipinski definition) is 7. The van der Waals surface area contributed by atoms with Crippen molar-refractivity contribution in [2.24, 2.45) is 5.73 Å². The fourth-order valence-electron chi connectivity index (χ4n) is 3.36. The number of nitrogens with two attached hydrogens (primary N) is 1. The molecule has 1 heterocycles. The van der Waals surface area contributed by atoms with Crippen molar-refractivity contribution in [3.05, 3.63) is 78.5 Å². The molecule has 9 nitrogen and oxygen atoms in total. The summed E-state index contributed by atoms with van der Waals surface area (Å²) >= 11 is 0. The summed E-state index contributed by atoms with van der Waals surface area (Å²) in [6.45, 7) is 10.3. The first-order valence-corrected chi connectivity index (χ1v) is 12.6. The number of aldehydes is 1. The molecule has 2 amide bonds. The van der Waals surface area contributed by atoms with Gasteiger partial charge in [-0.1, -0.05) is 43.8 Å². The Kier molecular flexibility index (Phi) is 18.5. The standard InChI is InChI=1S/C18H18N2O.C6H13NO.C4H6O2.C2H5NO/c1-12(2)20-11-17-15(5-4-6-16(17)18(20)21)13-7-9-14(19-3)10-8-13;7-5-3-1-2-4-6-8;1-3-4(5)6-2;1-3-2-4/h4-10,19H,1,11H2,2-3H3;6H,1-5,7H2;3H,1H2,2H3;2H,1H3,(H,3,4). The van der Waals surface area contributed by atoms with Crippen molar-refractivity contribution in [3.8, 4) is 11.1 Å². The van der Waals surface area contributed by atoms with Gasteiger partial charge >= 0.3 is 5.97 Å². The molecule has 4 N–H and O–H groups in total. The van der Waals surface area contributed by atoms with E-state index in [1.807, 2.05) is 38.2 Å². The van der Waals surface area contributed by atoms with Crippen LogP contribution in [0.15, 0.2) is 67.4 Å². The van der Waals surface area contributed by atoms with Crippen molar-refractivity contribution in [1.29, 1.82) is 0 Å². The van der Waals surface area contributed by atoms with Crippen LogP contribution in [0.4, 0.5) is 5.69 Å². The second kappa shape index (κ2) is 20.8. The Morgan fingerprint density at radius 3 is 2.13 bits per heavy atom. The minimum atomic E-state index is -0.394. The number of nitrogens with one attached hydrogen (secondary N) is 2. The van der Waals surface area contributed by atoms with Crippen molar-refractivity contribution >= 4 is 30.3 Å². The predicted molar refractivity (Wildman–Crippen MR) is 157 cm³/mol. The Balaban J connectivity index is 0.000000662. The molecular formula is C30H42N4O5. The first kappa shape index (κ1) is 34.8. The molecule has 2 aromatic carbocycles. The molecule has 0 bridgehead atoms. The summed E-state index contributed by atoms with van der Waals surface area (Å²) < 4.78 is 4.14. The summed E-state index contributed by atoms with van der Waals surface area (Å²) in [6, 6.07) is 14.2. The Bertz CT molecular complexity index is 1070. The van der Waals surface area contributed by atoms with Gasteiger partial charge in [-0.3, -0.25) is 9.59 Å². The quantitative estimate of drug-likeness (QED) is 0.178. The average Bonchev–Trinajstić information content (AvgIpc) is 3.32. The number of fused-ring (bicyclic) bond motifs is 1. The molecule has 2 aromatic rings. The fraction of sp³-hybridized carbons (Fsp3) is 0.333. The van der Waals surface area contributed by atoms with Crippen LogP contribution in [-0.4, -0.2) is 57.2 Å². The molecule has 0 atom stereocenters. The van der Waals surface area contributed by atoms with Gasteiger partial charge in [0.05, 0.1) is 13.7 Å². The van der Waals surface area contributed by atoms with Crippen LogP contribution in [0, 0.1) is 0 Å². The van der Waals surface area contributed by atoms with Crippen LogP contribution < -0.4 is 16.4 Å². The lowest BCUT2D eigenvalue weighted by molar-refractivity contribution is -0.134. The summed E-state index contributed by atoms with van der Waals surface area (Å²) in [7, 11) is 4.77. The number of carbonyl (C=O) groups is 4. The van der Waals surface area contributed by atoms with E-state index < -0.39 is 5.97 Å². The molecule has 0 fully saturated rings. The van der Waals surface area contributed by atoms with Crippen LogP contribution in [0.3, 0.4) is 0 Å². The Hall–Kier alpha value is -4.24. The highest BCUT2D eigenvalue weighted by molar-refractivity contribution is 6.01. The van der Waals surface area contributed by atoms with E-state index in [9.17, 15) is 14.4 Å². The molecule has 3 rings (SSSR count). The van der Waals surface area contributed by atoms with E-state index in [0.29, 0.717) is 19.4 Å². The molecule has 212 valence electrons. The maximum absolute atomic E-state index is 12.4. The Morgan fingerprint density at radius 1 is 1.08 bits per heavy atom. The maximum Gasteiger partial charge on any atom is 0.329 e. The highest BCUT2D eigenvalue weighted by atomic mass is 16.5. The summed E-state index contributed by atoms with van der Waals surface area (Å²) in [5.74, 6) is -0.346. The lowest BCUT2D eigenvalue weighted by Gasteiger charge is -2.14. The van der Waals surface area contributed by atoms with Crippen LogP contribution in [0.5, 0.6) is 0 Å². The van der Waals surface area contributed by atoms with Gasteiger partial charge in [-0.05, 0) is 61.2 Å². The minimum Gasteiger partial charge on any atom is -0.466 e. The van der Waals surface area contributed by atoms with Gasteiger partial charge in [0, 0.05) is 43.5 Å². The Labute approximate surface area is 232 Å². The van der Waals surface area contributed by atoms with Gasteiger partial charge in [-0.2, -0.15) is 0 Å². The molecule has 0 radical (unpaired) electrons. The molecule has 0 spiro atoms. The average molecular weight is 539 g/mol. The van der Waals surface area contributed by atoms with Gasteiger partial charge in [0.15, 0.2) is 0 Å². The maximum atomic E-state index is 12.4. The molecule has 0 aromatic heterocycles. The van der Waals surface area contributed by atoms with E-state index in [1.165, 1.54) is 7.11 Å². The van der Waals surface area contributed by atoms with Crippen LogP contribution in [-0.2, 0) is 25.7 Å². The number of methoxy groups -OCH3 is 1. The van der Waals surface area contributed by atoms with Crippen molar-refractivity contribution in [1.82, 2.24) is 10.2 Å². The number of unbranched alkanes of at least 4 members (excludes halogenated alkanes) is 3. The number of allylic oxidation sites excluding steroid dienone is 1. The zero-order valence-corrected chi connectivity index (χ0v) is 23.5. The highest BCUT2D eigenvalue weighted by Gasteiger charge is 2.29. The van der Waals surface area contributed by atoms with Crippen molar-refractivity contribution in [3.63, 3.8) is 0 Å². The molecule has 1 aliphatic rings. The van der Waals surface area contributed by atoms with E-state index in [-0.39, 0.29) is 5.91 Å². The molecule has 39 heavy (non-hydrogen) atoms.